The van der Waals surface area contributed by atoms with E-state index in [1.807, 2.05) is 6.07 Å². The SMILES string of the molecule is FC(F)(F)c1cc(/N=C/c2cccc3cc[nH]c23)cc(C(F)(F)F)c1. The van der Waals surface area contributed by atoms with E-state index in [0.29, 0.717) is 23.2 Å². The maximum absolute atomic E-state index is 12.8. The van der Waals surface area contributed by atoms with Crippen LogP contribution in [0, 0.1) is 0 Å². The first-order chi connectivity index (χ1) is 11.6. The number of fused-ring (bicyclic) bond motifs is 1. The Morgan fingerprint density at radius 3 is 2.08 bits per heavy atom. The molecule has 1 aromatic heterocycles. The van der Waals surface area contributed by atoms with Crippen LogP contribution >= 0.6 is 0 Å². The second-order valence-electron chi connectivity index (χ2n) is 5.31. The number of nitrogens with one attached hydrogen (secondary N) is 1. The number of para-hydroxylation sites is 1. The van der Waals surface area contributed by atoms with Crippen LogP contribution in [-0.4, -0.2) is 11.2 Å². The average molecular weight is 356 g/mol. The Morgan fingerprint density at radius 1 is 0.840 bits per heavy atom. The van der Waals surface area contributed by atoms with Gasteiger partial charge in [0.1, 0.15) is 0 Å². The van der Waals surface area contributed by atoms with Crippen molar-refractivity contribution in [2.75, 3.05) is 0 Å². The molecule has 0 fully saturated rings. The van der Waals surface area contributed by atoms with Crippen molar-refractivity contribution < 1.29 is 26.3 Å². The largest absolute Gasteiger partial charge is 0.416 e. The van der Waals surface area contributed by atoms with Crippen LogP contribution in [-0.2, 0) is 12.4 Å². The second-order valence-corrected chi connectivity index (χ2v) is 5.31. The highest BCUT2D eigenvalue weighted by Crippen LogP contribution is 2.38. The van der Waals surface area contributed by atoms with Gasteiger partial charge >= 0.3 is 12.4 Å². The van der Waals surface area contributed by atoms with Gasteiger partial charge in [0.2, 0.25) is 0 Å². The van der Waals surface area contributed by atoms with Gasteiger partial charge in [-0.25, -0.2) is 0 Å². The molecule has 0 saturated heterocycles. The van der Waals surface area contributed by atoms with Gasteiger partial charge in [-0.15, -0.1) is 0 Å². The zero-order chi connectivity index (χ0) is 18.2. The Balaban J connectivity index is 2.06. The molecule has 8 heteroatoms. The van der Waals surface area contributed by atoms with E-state index in [-0.39, 0.29) is 6.07 Å². The molecule has 0 aliphatic heterocycles. The van der Waals surface area contributed by atoms with E-state index in [9.17, 15) is 26.3 Å². The summed E-state index contributed by atoms with van der Waals surface area (Å²) in [7, 11) is 0. The van der Waals surface area contributed by atoms with Crippen LogP contribution in [0.1, 0.15) is 16.7 Å². The van der Waals surface area contributed by atoms with E-state index in [0.717, 1.165) is 5.39 Å². The van der Waals surface area contributed by atoms with E-state index >= 15 is 0 Å². The molecule has 1 heterocycles. The number of halogens is 6. The minimum Gasteiger partial charge on any atom is -0.361 e. The predicted octanol–water partition coefficient (Wildman–Crippen LogP) is 5.96. The zero-order valence-electron chi connectivity index (χ0n) is 12.4. The molecule has 3 rings (SSSR count). The van der Waals surface area contributed by atoms with Crippen LogP contribution in [0.3, 0.4) is 0 Å². The molecule has 130 valence electrons. The number of aromatic amines is 1. The molecule has 1 N–H and O–H groups in total. The molecule has 0 amide bonds. The van der Waals surface area contributed by atoms with Crippen molar-refractivity contribution in [2.45, 2.75) is 12.4 Å². The maximum Gasteiger partial charge on any atom is 0.416 e. The highest BCUT2D eigenvalue weighted by atomic mass is 19.4. The fourth-order valence-electron chi connectivity index (χ4n) is 2.37. The lowest BCUT2D eigenvalue weighted by Gasteiger charge is -2.12. The van der Waals surface area contributed by atoms with Gasteiger partial charge in [-0.05, 0) is 24.3 Å². The van der Waals surface area contributed by atoms with Crippen molar-refractivity contribution in [1.82, 2.24) is 4.98 Å². The van der Waals surface area contributed by atoms with Crippen molar-refractivity contribution in [2.24, 2.45) is 4.99 Å². The van der Waals surface area contributed by atoms with Crippen LogP contribution in [0.5, 0.6) is 0 Å². The number of nitrogens with zero attached hydrogens (tertiary/aromatic N) is 1. The van der Waals surface area contributed by atoms with Gasteiger partial charge < -0.3 is 4.98 Å². The standard InChI is InChI=1S/C17H10F6N2/c18-16(19,20)12-6-13(17(21,22)23)8-14(7-12)25-9-11-3-1-2-10-4-5-24-15(10)11/h1-9,24H/b25-9+. The third kappa shape index (κ3) is 3.67. The van der Waals surface area contributed by atoms with Gasteiger partial charge in [0.25, 0.3) is 0 Å². The summed E-state index contributed by atoms with van der Waals surface area (Å²) in [6.07, 6.45) is -6.89. The molecule has 0 saturated carbocycles. The van der Waals surface area contributed by atoms with Gasteiger partial charge in [0.05, 0.1) is 22.3 Å². The summed E-state index contributed by atoms with van der Waals surface area (Å²) >= 11 is 0. The number of alkyl halides is 6. The Labute approximate surface area is 137 Å². The zero-order valence-corrected chi connectivity index (χ0v) is 12.4. The highest BCUT2D eigenvalue weighted by molar-refractivity contribution is 5.98. The normalized spacial score (nSPS) is 13.0. The lowest BCUT2D eigenvalue weighted by atomic mass is 10.1. The van der Waals surface area contributed by atoms with Crippen LogP contribution in [0.25, 0.3) is 10.9 Å². The van der Waals surface area contributed by atoms with Gasteiger partial charge in [-0.2, -0.15) is 26.3 Å². The molecular weight excluding hydrogens is 346 g/mol. The van der Waals surface area contributed by atoms with Gasteiger partial charge in [0, 0.05) is 23.4 Å². The number of hydrogen-bond acceptors (Lipinski definition) is 1. The first kappa shape index (κ1) is 17.1. The highest BCUT2D eigenvalue weighted by Gasteiger charge is 2.36. The summed E-state index contributed by atoms with van der Waals surface area (Å²) in [5, 5.41) is 0.851. The fraction of sp³-hybridized carbons (Fsp3) is 0.118. The number of aromatic nitrogens is 1. The molecule has 0 unspecified atom stereocenters. The summed E-state index contributed by atoms with van der Waals surface area (Å²) in [4.78, 5) is 6.75. The molecule has 3 aromatic rings. The predicted molar refractivity (Wildman–Crippen MR) is 82.0 cm³/mol. The topological polar surface area (TPSA) is 28.1 Å². The number of H-pyrrole nitrogens is 1. The molecule has 0 atom stereocenters. The molecule has 0 aliphatic carbocycles. The fourth-order valence-corrected chi connectivity index (χ4v) is 2.37. The second kappa shape index (κ2) is 5.94. The summed E-state index contributed by atoms with van der Waals surface area (Å²) in [5.74, 6) is 0. The van der Waals surface area contributed by atoms with E-state index in [4.69, 9.17) is 0 Å². The van der Waals surface area contributed by atoms with Crippen LogP contribution in [0.2, 0.25) is 0 Å². The Bertz CT molecular complexity index is 902. The van der Waals surface area contributed by atoms with Crippen LogP contribution < -0.4 is 0 Å². The molecule has 0 radical (unpaired) electrons. The molecule has 0 aliphatic rings. The first-order valence-electron chi connectivity index (χ1n) is 7.04. The molecule has 0 bridgehead atoms. The number of benzene rings is 2. The van der Waals surface area contributed by atoms with Gasteiger partial charge in [-0.3, -0.25) is 4.99 Å². The Hall–Kier alpha value is -2.77. The number of rotatable bonds is 2. The van der Waals surface area contributed by atoms with E-state index < -0.39 is 29.2 Å². The monoisotopic (exact) mass is 356 g/mol. The molecule has 25 heavy (non-hydrogen) atoms. The summed E-state index contributed by atoms with van der Waals surface area (Å²) in [6, 6.07) is 8.21. The first-order valence-corrected chi connectivity index (χ1v) is 7.04. The van der Waals surface area contributed by atoms with Gasteiger partial charge in [0.15, 0.2) is 0 Å². The number of hydrogen-bond donors (Lipinski definition) is 1. The number of aliphatic imine (C=N–C) groups is 1. The van der Waals surface area contributed by atoms with E-state index in [1.54, 1.807) is 24.4 Å². The van der Waals surface area contributed by atoms with Crippen molar-refractivity contribution in [3.8, 4) is 0 Å². The lowest BCUT2D eigenvalue weighted by molar-refractivity contribution is -0.143. The Kier molecular flexibility index (Phi) is 4.06. The third-order valence-corrected chi connectivity index (χ3v) is 3.54. The molecule has 0 spiro atoms. The van der Waals surface area contributed by atoms with E-state index in [2.05, 4.69) is 9.98 Å². The van der Waals surface area contributed by atoms with E-state index in [1.165, 1.54) is 6.21 Å². The van der Waals surface area contributed by atoms with Crippen LogP contribution in [0.15, 0.2) is 53.7 Å². The molecule has 2 nitrogen and oxygen atoms in total. The average Bonchev–Trinajstić information content (AvgIpc) is 3.00. The van der Waals surface area contributed by atoms with Crippen LogP contribution in [0.4, 0.5) is 32.0 Å². The quantitative estimate of drug-likeness (QED) is 0.434. The maximum atomic E-state index is 12.8. The lowest BCUT2D eigenvalue weighted by Crippen LogP contribution is -2.10. The minimum absolute atomic E-state index is 0.0741. The third-order valence-electron chi connectivity index (χ3n) is 3.54. The van der Waals surface area contributed by atoms with Crippen molar-refractivity contribution in [1.29, 1.82) is 0 Å². The molecule has 2 aromatic carbocycles. The molecular formula is C17H10F6N2. The van der Waals surface area contributed by atoms with Crippen molar-refractivity contribution in [3.05, 3.63) is 65.4 Å². The van der Waals surface area contributed by atoms with Gasteiger partial charge in [-0.1, -0.05) is 18.2 Å². The summed E-state index contributed by atoms with van der Waals surface area (Å²) in [6.45, 7) is 0. The smallest absolute Gasteiger partial charge is 0.361 e. The van der Waals surface area contributed by atoms with Crippen molar-refractivity contribution >= 4 is 22.8 Å². The minimum atomic E-state index is -4.90. The Morgan fingerprint density at radius 2 is 1.48 bits per heavy atom. The summed E-state index contributed by atoms with van der Waals surface area (Å²) < 4.78 is 77.1. The van der Waals surface area contributed by atoms with Crippen molar-refractivity contribution in [3.63, 3.8) is 0 Å². The summed E-state index contributed by atoms with van der Waals surface area (Å²) in [5.41, 5.74) is -1.98.